The van der Waals surface area contributed by atoms with Crippen molar-refractivity contribution in [1.82, 2.24) is 24.2 Å². The molecule has 0 aliphatic carbocycles. The van der Waals surface area contributed by atoms with Gasteiger partial charge in [-0.1, -0.05) is 94.1 Å². The average molecular weight is 955 g/mol. The van der Waals surface area contributed by atoms with Crippen molar-refractivity contribution in [2.24, 2.45) is 0 Å². The molecule has 0 bridgehead atoms. The van der Waals surface area contributed by atoms with E-state index in [1.165, 1.54) is 12.4 Å². The molecule has 3 heterocycles. The smallest absolute Gasteiger partial charge is 0.413 e. The number of hydrogen-bond acceptors (Lipinski definition) is 13. The minimum Gasteiger partial charge on any atom is -0.497 e. The van der Waals surface area contributed by atoms with Gasteiger partial charge in [0.25, 0.3) is 8.53 Å². The Morgan fingerprint density at radius 3 is 1.97 bits per heavy atom. The van der Waals surface area contributed by atoms with Crippen molar-refractivity contribution in [1.29, 1.82) is 0 Å². The van der Waals surface area contributed by atoms with Crippen molar-refractivity contribution in [3.05, 3.63) is 134 Å². The lowest BCUT2D eigenvalue weighted by Crippen LogP contribution is -2.50. The minimum absolute atomic E-state index is 0.0169. The summed E-state index contributed by atoms with van der Waals surface area (Å²) in [6.07, 6.45) is 2.33. The van der Waals surface area contributed by atoms with E-state index in [4.69, 9.17) is 42.1 Å². The molecule has 6 rings (SSSR count). The van der Waals surface area contributed by atoms with Gasteiger partial charge in [-0.2, -0.15) is 0 Å². The summed E-state index contributed by atoms with van der Waals surface area (Å²) < 4.78 is 56.9. The lowest BCUT2D eigenvalue weighted by molar-refractivity contribution is -0.0926. The maximum atomic E-state index is 12.7. The highest BCUT2D eigenvalue weighted by Gasteiger charge is 2.54. The van der Waals surface area contributed by atoms with Gasteiger partial charge in [0, 0.05) is 12.1 Å². The monoisotopic (exact) mass is 954 g/mol. The molecule has 5 aromatic rings. The quantitative estimate of drug-likeness (QED) is 0.0304. The molecule has 1 unspecified atom stereocenters. The molecular formula is C50H67N6O9PSi. The summed E-state index contributed by atoms with van der Waals surface area (Å²) in [5, 5.41) is 2.49. The van der Waals surface area contributed by atoms with E-state index in [1.807, 2.05) is 71.3 Å². The predicted octanol–water partition coefficient (Wildman–Crippen LogP) is 10.8. The van der Waals surface area contributed by atoms with Crippen molar-refractivity contribution < 1.29 is 42.0 Å². The van der Waals surface area contributed by atoms with Crippen molar-refractivity contribution in [3.63, 3.8) is 0 Å². The van der Waals surface area contributed by atoms with Crippen molar-refractivity contribution in [3.8, 4) is 11.5 Å². The number of carbonyl (C=O) groups excluding carboxylic acids is 1. The molecule has 67 heavy (non-hydrogen) atoms. The molecule has 5 atom stereocenters. The Balaban J connectivity index is 1.56. The lowest BCUT2D eigenvalue weighted by Gasteiger charge is -2.42. The summed E-state index contributed by atoms with van der Waals surface area (Å²) in [4.78, 5) is 26.5. The maximum Gasteiger partial charge on any atom is 0.413 e. The molecule has 3 aromatic carbocycles. The molecule has 1 fully saturated rings. The van der Waals surface area contributed by atoms with Gasteiger partial charge in [-0.25, -0.2) is 24.4 Å². The lowest BCUT2D eigenvalue weighted by atomic mass is 9.80. The number of carbonyl (C=O) groups is 1. The van der Waals surface area contributed by atoms with Crippen LogP contribution in [0.15, 0.2) is 117 Å². The molecular weight excluding hydrogens is 888 g/mol. The number of rotatable bonds is 22. The Morgan fingerprint density at radius 1 is 0.851 bits per heavy atom. The highest BCUT2D eigenvalue weighted by atomic mass is 31.2. The van der Waals surface area contributed by atoms with E-state index in [1.54, 1.807) is 26.6 Å². The van der Waals surface area contributed by atoms with Crippen molar-refractivity contribution in [2.45, 2.75) is 109 Å². The van der Waals surface area contributed by atoms with Gasteiger partial charge in [0.2, 0.25) is 0 Å². The predicted molar refractivity (Wildman–Crippen MR) is 265 cm³/mol. The first-order valence-electron chi connectivity index (χ1n) is 22.5. The largest absolute Gasteiger partial charge is 0.497 e. The van der Waals surface area contributed by atoms with Gasteiger partial charge in [0.1, 0.15) is 48.3 Å². The third kappa shape index (κ3) is 11.5. The van der Waals surface area contributed by atoms with E-state index >= 15 is 0 Å². The van der Waals surface area contributed by atoms with Crippen LogP contribution in [0.25, 0.3) is 11.2 Å². The second-order valence-corrected chi connectivity index (χ2v) is 24.4. The van der Waals surface area contributed by atoms with Crippen LogP contribution < -0.4 is 14.8 Å². The molecule has 17 heteroatoms. The first-order chi connectivity index (χ1) is 32.0. The first kappa shape index (κ1) is 51.4. The SMILES string of the molecule is C=CCOC(=O)Nc1ncnc2c1ncn2[C@@H]1O[C@H](COC(c2ccccc2)(c2ccc(OC)cc2)c2ccc(OC)cc2)[C@@H](OP(OCC=C)N(C(C)C)C(C)C)[C@H]1O[Si](C)(C)C(C)(C)C. The van der Waals surface area contributed by atoms with Gasteiger partial charge in [-0.05, 0) is 86.8 Å². The van der Waals surface area contributed by atoms with Crippen LogP contribution in [0.2, 0.25) is 18.1 Å². The van der Waals surface area contributed by atoms with E-state index in [0.717, 1.165) is 16.7 Å². The van der Waals surface area contributed by atoms with Gasteiger partial charge in [0.15, 0.2) is 31.5 Å². The third-order valence-electron chi connectivity index (χ3n) is 12.1. The molecule has 1 saturated heterocycles. The normalized spacial score (nSPS) is 18.4. The fourth-order valence-electron chi connectivity index (χ4n) is 7.86. The summed E-state index contributed by atoms with van der Waals surface area (Å²) in [7, 11) is -1.07. The highest BCUT2D eigenvalue weighted by molar-refractivity contribution is 7.44. The average Bonchev–Trinajstić information content (AvgIpc) is 3.88. The Labute approximate surface area is 397 Å². The van der Waals surface area contributed by atoms with Gasteiger partial charge in [-0.15, -0.1) is 6.58 Å². The molecule has 1 aliphatic rings. The van der Waals surface area contributed by atoms with E-state index in [9.17, 15) is 4.79 Å². The number of nitrogens with zero attached hydrogens (tertiary/aromatic N) is 5. The van der Waals surface area contributed by atoms with Crippen LogP contribution in [0.3, 0.4) is 0 Å². The number of fused-ring (bicyclic) bond motifs is 1. The second-order valence-electron chi connectivity index (χ2n) is 18.2. The Hall–Kier alpha value is -5.03. The maximum absolute atomic E-state index is 12.7. The van der Waals surface area contributed by atoms with Gasteiger partial charge < -0.3 is 37.2 Å². The number of methoxy groups -OCH3 is 2. The first-order valence-corrected chi connectivity index (χ1v) is 26.6. The molecule has 360 valence electrons. The van der Waals surface area contributed by atoms with Crippen LogP contribution in [0, 0.1) is 0 Å². The second kappa shape index (κ2) is 22.4. The summed E-state index contributed by atoms with van der Waals surface area (Å²) >= 11 is 0. The van der Waals surface area contributed by atoms with Crippen LogP contribution in [-0.4, -0.2) is 103 Å². The minimum atomic E-state index is -2.63. The number of imidazole rings is 1. The molecule has 0 saturated carbocycles. The van der Waals surface area contributed by atoms with E-state index < -0.39 is 53.1 Å². The molecule has 2 aromatic heterocycles. The number of benzene rings is 3. The number of ether oxygens (including phenoxy) is 5. The highest BCUT2D eigenvalue weighted by Crippen LogP contribution is 2.53. The summed E-state index contributed by atoms with van der Waals surface area (Å²) in [6, 6.07) is 26.0. The zero-order valence-electron chi connectivity index (χ0n) is 40.7. The van der Waals surface area contributed by atoms with Crippen molar-refractivity contribution >= 4 is 39.9 Å². The van der Waals surface area contributed by atoms with Gasteiger partial charge >= 0.3 is 6.09 Å². The summed E-state index contributed by atoms with van der Waals surface area (Å²) in [5.41, 5.74) is 2.15. The summed E-state index contributed by atoms with van der Waals surface area (Å²) in [5.74, 6) is 1.58. The fourth-order valence-corrected chi connectivity index (χ4v) is 10.9. The third-order valence-corrected chi connectivity index (χ3v) is 18.7. The van der Waals surface area contributed by atoms with Crippen molar-refractivity contribution in [2.75, 3.05) is 39.4 Å². The Bertz CT molecular complexity index is 2340. The number of hydrogen-bond donors (Lipinski definition) is 1. The number of amides is 1. The van der Waals surface area contributed by atoms with Crippen LogP contribution >= 0.6 is 8.53 Å². The molecule has 1 aliphatic heterocycles. The molecule has 15 nitrogen and oxygen atoms in total. The Morgan fingerprint density at radius 2 is 1.43 bits per heavy atom. The van der Waals surface area contributed by atoms with E-state index in [0.29, 0.717) is 22.7 Å². The fraction of sp³-hybridized carbons (Fsp3) is 0.440. The van der Waals surface area contributed by atoms with Gasteiger partial charge in [-0.3, -0.25) is 9.88 Å². The molecule has 0 spiro atoms. The number of nitrogens with one attached hydrogen (secondary N) is 1. The number of anilines is 1. The standard InChI is InChI=1S/C50H67N6O9PSi/c1-14-29-60-48(57)54-45-42-46(52-32-51-45)55(33-53-42)47-44(65-67(12,13)49(7,8)9)43(64-66(62-30-15-2)56(34(3)4)35(5)6)41(63-47)31-61-50(36-19-17-16-18-20-36,37-21-25-39(58-10)26-22-37)38-23-27-40(59-11)28-24-38/h14-28,32-35,41,43-44,47H,1-2,29-31H2,3-13H3,(H,51,52,54,57)/t41-,43-,44-,47-,66?/m1/s1. The Kier molecular flexibility index (Phi) is 17.2. The molecule has 1 amide bonds. The zero-order chi connectivity index (χ0) is 48.5. The van der Waals surface area contributed by atoms with Crippen LogP contribution in [-0.2, 0) is 33.3 Å². The molecule has 0 radical (unpaired) electrons. The number of aromatic nitrogens is 4. The topological polar surface area (TPSA) is 150 Å². The van der Waals surface area contributed by atoms with Gasteiger partial charge in [0.05, 0.1) is 33.8 Å². The van der Waals surface area contributed by atoms with Crippen LogP contribution in [0.4, 0.5) is 10.6 Å². The molecule has 1 N–H and O–H groups in total. The summed E-state index contributed by atoms with van der Waals surface area (Å²) in [6.45, 7) is 27.4. The zero-order valence-corrected chi connectivity index (χ0v) is 42.6. The van der Waals surface area contributed by atoms with E-state index in [2.05, 4.69) is 107 Å². The van der Waals surface area contributed by atoms with Crippen LogP contribution in [0.1, 0.15) is 71.4 Å². The van der Waals surface area contributed by atoms with E-state index in [-0.39, 0.29) is 42.8 Å². The van der Waals surface area contributed by atoms with Crippen LogP contribution in [0.5, 0.6) is 11.5 Å².